The SMILES string of the molecule is CCCC=C1OC(=O)C2=C(Cc3ccnc(N)c3)[C@H]3CC[C@@]12[C@H]1C2=C(CC[C@H]31)C(=CC1(CC)CCCC1)OC2=O. The summed E-state index contributed by atoms with van der Waals surface area (Å²) in [6.07, 6.45) is 18.2. The molecule has 4 atom stereocenters. The van der Waals surface area contributed by atoms with Crippen LogP contribution < -0.4 is 5.73 Å². The van der Waals surface area contributed by atoms with E-state index < -0.39 is 5.41 Å². The van der Waals surface area contributed by atoms with Gasteiger partial charge in [-0.2, -0.15) is 0 Å². The van der Waals surface area contributed by atoms with E-state index >= 15 is 0 Å². The van der Waals surface area contributed by atoms with E-state index in [0.717, 1.165) is 91.6 Å². The molecule has 2 N–H and O–H groups in total. The Hall–Kier alpha value is -3.15. The van der Waals surface area contributed by atoms with Crippen LogP contribution in [0.15, 0.2) is 64.3 Å². The molecule has 1 saturated heterocycles. The van der Waals surface area contributed by atoms with Gasteiger partial charge in [-0.25, -0.2) is 14.6 Å². The van der Waals surface area contributed by atoms with Gasteiger partial charge in [0.25, 0.3) is 0 Å². The molecule has 6 heteroatoms. The first-order valence-corrected chi connectivity index (χ1v) is 15.5. The van der Waals surface area contributed by atoms with E-state index in [0.29, 0.717) is 12.2 Å². The third-order valence-electron chi connectivity index (χ3n) is 11.1. The number of nitrogens with two attached hydrogens (primary N) is 1. The Morgan fingerprint density at radius 1 is 1.10 bits per heavy atom. The van der Waals surface area contributed by atoms with Crippen molar-refractivity contribution in [2.24, 2.45) is 28.6 Å². The van der Waals surface area contributed by atoms with Crippen molar-refractivity contribution >= 4 is 17.8 Å². The molecule has 3 heterocycles. The van der Waals surface area contributed by atoms with Crippen LogP contribution in [0.3, 0.4) is 0 Å². The quantitative estimate of drug-likeness (QED) is 0.395. The molecule has 3 fully saturated rings. The number of rotatable bonds is 6. The maximum atomic E-state index is 13.8. The molecule has 40 heavy (non-hydrogen) atoms. The highest BCUT2D eigenvalue weighted by Crippen LogP contribution is 2.70. The highest BCUT2D eigenvalue weighted by molar-refractivity contribution is 6.00. The van der Waals surface area contributed by atoms with Gasteiger partial charge < -0.3 is 15.2 Å². The minimum Gasteiger partial charge on any atom is -0.427 e. The molecule has 6 nitrogen and oxygen atoms in total. The van der Waals surface area contributed by atoms with E-state index in [1.54, 1.807) is 6.20 Å². The number of unbranched alkanes of at least 4 members (excludes halogenated alkanes) is 1. The molecule has 1 aromatic rings. The predicted molar refractivity (Wildman–Crippen MR) is 152 cm³/mol. The van der Waals surface area contributed by atoms with Gasteiger partial charge in [-0.3, -0.25) is 0 Å². The zero-order valence-electron chi connectivity index (χ0n) is 23.8. The van der Waals surface area contributed by atoms with Crippen molar-refractivity contribution < 1.29 is 19.1 Å². The molecule has 2 bridgehead atoms. The number of hydrogen-bond donors (Lipinski definition) is 1. The van der Waals surface area contributed by atoms with Crippen molar-refractivity contribution in [1.29, 1.82) is 0 Å². The van der Waals surface area contributed by atoms with Crippen molar-refractivity contribution in [3.63, 3.8) is 0 Å². The maximum absolute atomic E-state index is 13.8. The third-order valence-corrected chi connectivity index (χ3v) is 11.1. The molecular formula is C34H40N2O4. The van der Waals surface area contributed by atoms with Crippen LogP contribution in [0.4, 0.5) is 5.82 Å². The van der Waals surface area contributed by atoms with E-state index in [4.69, 9.17) is 15.2 Å². The Bertz CT molecular complexity index is 1410. The summed E-state index contributed by atoms with van der Waals surface area (Å²) in [7, 11) is 0. The molecule has 7 aliphatic rings. The van der Waals surface area contributed by atoms with E-state index in [1.807, 2.05) is 12.1 Å². The Kier molecular flexibility index (Phi) is 6.10. The van der Waals surface area contributed by atoms with E-state index in [2.05, 4.69) is 31.0 Å². The molecule has 210 valence electrons. The van der Waals surface area contributed by atoms with Gasteiger partial charge >= 0.3 is 11.9 Å². The van der Waals surface area contributed by atoms with Gasteiger partial charge in [-0.1, -0.05) is 38.7 Å². The number of hydrogen-bond acceptors (Lipinski definition) is 6. The van der Waals surface area contributed by atoms with Crippen LogP contribution >= 0.6 is 0 Å². The average molecular weight is 541 g/mol. The Morgan fingerprint density at radius 3 is 2.67 bits per heavy atom. The predicted octanol–water partition coefficient (Wildman–Crippen LogP) is 6.89. The molecule has 0 amide bonds. The van der Waals surface area contributed by atoms with Gasteiger partial charge in [-0.15, -0.1) is 0 Å². The summed E-state index contributed by atoms with van der Waals surface area (Å²) in [5.74, 6) is 2.08. The monoisotopic (exact) mass is 540 g/mol. The highest BCUT2D eigenvalue weighted by atomic mass is 16.5. The smallest absolute Gasteiger partial charge is 0.340 e. The minimum atomic E-state index is -0.592. The molecule has 8 rings (SSSR count). The van der Waals surface area contributed by atoms with Gasteiger partial charge in [0.05, 0.1) is 11.0 Å². The van der Waals surface area contributed by atoms with E-state index in [1.165, 1.54) is 18.4 Å². The number of esters is 2. The summed E-state index contributed by atoms with van der Waals surface area (Å²) in [5.41, 5.74) is 10.6. The van der Waals surface area contributed by atoms with Crippen LogP contribution in [-0.4, -0.2) is 16.9 Å². The number of cyclic esters (lactones) is 2. The molecule has 1 spiro atoms. The zero-order chi connectivity index (χ0) is 27.6. The molecule has 0 unspecified atom stereocenters. The first-order chi connectivity index (χ1) is 19.4. The zero-order valence-corrected chi connectivity index (χ0v) is 23.8. The molecular weight excluding hydrogens is 500 g/mol. The lowest BCUT2D eigenvalue weighted by molar-refractivity contribution is -0.135. The number of aromatic nitrogens is 1. The number of allylic oxidation sites excluding steroid dienone is 5. The van der Waals surface area contributed by atoms with Crippen LogP contribution in [0.5, 0.6) is 0 Å². The van der Waals surface area contributed by atoms with Gasteiger partial charge in [0, 0.05) is 23.3 Å². The summed E-state index contributed by atoms with van der Waals surface area (Å²) in [5, 5.41) is 0. The number of nitrogens with zero attached hydrogens (tertiary/aromatic N) is 1. The fraction of sp³-hybridized carbons (Fsp3) is 0.559. The lowest BCUT2D eigenvalue weighted by Crippen LogP contribution is -2.52. The summed E-state index contributed by atoms with van der Waals surface area (Å²) in [4.78, 5) is 31.7. The van der Waals surface area contributed by atoms with Gasteiger partial charge in [0.2, 0.25) is 0 Å². The Morgan fingerprint density at radius 2 is 1.93 bits per heavy atom. The topological polar surface area (TPSA) is 91.5 Å². The normalized spacial score (nSPS) is 33.9. The molecule has 1 aromatic heterocycles. The second-order valence-electron chi connectivity index (χ2n) is 12.9. The van der Waals surface area contributed by atoms with Crippen molar-refractivity contribution in [2.45, 2.75) is 90.9 Å². The lowest BCUT2D eigenvalue weighted by atomic mass is 9.44. The second-order valence-corrected chi connectivity index (χ2v) is 12.9. The Balaban J connectivity index is 1.39. The van der Waals surface area contributed by atoms with Crippen LogP contribution in [0.2, 0.25) is 0 Å². The summed E-state index contributed by atoms with van der Waals surface area (Å²) >= 11 is 0. The number of nitrogen functional groups attached to an aromatic ring is 1. The van der Waals surface area contributed by atoms with Crippen molar-refractivity contribution in [2.75, 3.05) is 5.73 Å². The van der Waals surface area contributed by atoms with Crippen molar-refractivity contribution in [1.82, 2.24) is 4.98 Å². The molecule has 2 saturated carbocycles. The molecule has 5 aliphatic carbocycles. The largest absolute Gasteiger partial charge is 0.427 e. The Labute approximate surface area is 236 Å². The van der Waals surface area contributed by atoms with Crippen molar-refractivity contribution in [3.05, 3.63) is 69.9 Å². The number of carbonyl (C=O) groups is 2. The van der Waals surface area contributed by atoms with Gasteiger partial charge in [0.15, 0.2) is 0 Å². The van der Waals surface area contributed by atoms with Gasteiger partial charge in [0.1, 0.15) is 17.3 Å². The number of pyridine rings is 1. The number of carbonyl (C=O) groups excluding carboxylic acids is 2. The van der Waals surface area contributed by atoms with Crippen LogP contribution in [0.25, 0.3) is 0 Å². The number of ether oxygens (including phenoxy) is 2. The number of anilines is 1. The number of fused-ring (bicyclic) bond motifs is 1. The summed E-state index contributed by atoms with van der Waals surface area (Å²) in [6.45, 7) is 4.40. The summed E-state index contributed by atoms with van der Waals surface area (Å²) in [6, 6.07) is 3.90. The average Bonchev–Trinajstić information content (AvgIpc) is 3.63. The van der Waals surface area contributed by atoms with E-state index in [-0.39, 0.29) is 35.1 Å². The van der Waals surface area contributed by atoms with Crippen molar-refractivity contribution in [3.8, 4) is 0 Å². The first kappa shape index (κ1) is 25.8. The van der Waals surface area contributed by atoms with Gasteiger partial charge in [-0.05, 0) is 105 Å². The fourth-order valence-corrected chi connectivity index (χ4v) is 9.29. The fourth-order valence-electron chi connectivity index (χ4n) is 9.29. The first-order valence-electron chi connectivity index (χ1n) is 15.5. The van der Waals surface area contributed by atoms with Crippen LogP contribution in [0, 0.1) is 28.6 Å². The second kappa shape index (κ2) is 9.46. The standard InChI is InChI=1S/C34H40N2O4/c1-3-5-8-26-34-15-11-21(24(30(34)32(38)40-26)17-20-12-16-36-27(35)18-20)22-9-10-23-25(39-31(37)28(23)29(22)34)19-33(4-2)13-6-7-14-33/h8,12,16,18-19,21-22,29H,3-7,9-11,13-15,17H2,1-2H3,(H2,35,36)/t21-,22+,29+,34-/m0/s1. The molecule has 0 aromatic carbocycles. The highest BCUT2D eigenvalue weighted by Gasteiger charge is 2.68. The third kappa shape index (κ3) is 3.63. The van der Waals surface area contributed by atoms with E-state index in [9.17, 15) is 9.59 Å². The minimum absolute atomic E-state index is 0.0784. The van der Waals surface area contributed by atoms with Crippen LogP contribution in [0.1, 0.15) is 90.0 Å². The molecule has 2 aliphatic heterocycles. The maximum Gasteiger partial charge on any atom is 0.340 e. The summed E-state index contributed by atoms with van der Waals surface area (Å²) < 4.78 is 12.3. The lowest BCUT2D eigenvalue weighted by Gasteiger charge is -2.56. The van der Waals surface area contributed by atoms with Crippen LogP contribution in [-0.2, 0) is 25.5 Å². The molecule has 0 radical (unpaired) electrons.